The van der Waals surface area contributed by atoms with Crippen LogP contribution in [0.1, 0.15) is 26.7 Å². The van der Waals surface area contributed by atoms with Crippen molar-refractivity contribution in [2.75, 3.05) is 0 Å². The summed E-state index contributed by atoms with van der Waals surface area (Å²) in [6.45, 7) is 4.91. The molecule has 0 amide bonds. The van der Waals surface area contributed by atoms with E-state index in [4.69, 9.17) is 0 Å². The molecule has 0 aromatic heterocycles. The van der Waals surface area contributed by atoms with Crippen LogP contribution in [0.2, 0.25) is 0 Å². The van der Waals surface area contributed by atoms with E-state index in [2.05, 4.69) is 21.4 Å². The van der Waals surface area contributed by atoms with E-state index in [1.807, 2.05) is 0 Å². The molecule has 10 heavy (non-hydrogen) atoms. The molecule has 0 spiro atoms. The number of hydrogen-bond donors (Lipinski definition) is 0. The maximum atomic E-state index is 2.53. The summed E-state index contributed by atoms with van der Waals surface area (Å²) in [7, 11) is 2.97. The molecule has 4 atom stereocenters. The standard InChI is InChI=1S/C8H16BP/c1-5-3-8-6(2)4-7(5)10(8)9/h5-8H,3-4,9H2,1-2H3/t5-,6-,7?,8?,10?/m0/s1. The van der Waals surface area contributed by atoms with E-state index in [1.54, 1.807) is 12.8 Å². The SMILES string of the molecule is BP1C2C[C@H](C)C1C[C@@H]2C. The van der Waals surface area contributed by atoms with E-state index in [9.17, 15) is 0 Å². The van der Waals surface area contributed by atoms with Crippen LogP contribution in [0, 0.1) is 11.8 Å². The summed E-state index contributed by atoms with van der Waals surface area (Å²) in [4.78, 5) is 0. The Morgan fingerprint density at radius 3 is 1.70 bits per heavy atom. The molecule has 2 heterocycles. The third kappa shape index (κ3) is 0.795. The highest BCUT2D eigenvalue weighted by molar-refractivity contribution is 7.83. The van der Waals surface area contributed by atoms with Crippen molar-refractivity contribution in [2.45, 2.75) is 38.0 Å². The van der Waals surface area contributed by atoms with Gasteiger partial charge in [-0.3, -0.25) is 0 Å². The zero-order chi connectivity index (χ0) is 7.30. The number of fused-ring (bicyclic) bond motifs is 2. The van der Waals surface area contributed by atoms with Crippen LogP contribution in [-0.2, 0) is 0 Å². The first-order valence-electron chi connectivity index (χ1n) is 4.42. The molecule has 0 radical (unpaired) electrons. The second-order valence-electron chi connectivity index (χ2n) is 4.23. The highest BCUT2D eigenvalue weighted by Gasteiger charge is 2.46. The Morgan fingerprint density at radius 1 is 1.10 bits per heavy atom. The third-order valence-corrected chi connectivity index (χ3v) is 7.12. The Hall–Kier alpha value is 0.495. The van der Waals surface area contributed by atoms with Crippen molar-refractivity contribution in [1.29, 1.82) is 0 Å². The maximum Gasteiger partial charge on any atom is 0.134 e. The predicted molar refractivity (Wildman–Crippen MR) is 50.6 cm³/mol. The first-order chi connectivity index (χ1) is 4.70. The van der Waals surface area contributed by atoms with E-state index < -0.39 is 0 Å². The minimum Gasteiger partial charge on any atom is -0.142 e. The van der Waals surface area contributed by atoms with Crippen LogP contribution in [0.4, 0.5) is 0 Å². The van der Waals surface area contributed by atoms with Gasteiger partial charge >= 0.3 is 0 Å². The Balaban J connectivity index is 2.17. The normalized spacial score (nSPS) is 59.6. The van der Waals surface area contributed by atoms with Crippen molar-refractivity contribution in [3.8, 4) is 0 Å². The summed E-state index contributed by atoms with van der Waals surface area (Å²) in [6, 6.07) is 0. The van der Waals surface area contributed by atoms with E-state index in [0.717, 1.165) is 23.2 Å². The molecule has 2 unspecified atom stereocenters. The largest absolute Gasteiger partial charge is 0.142 e. The van der Waals surface area contributed by atoms with Crippen molar-refractivity contribution < 1.29 is 0 Å². The molecule has 0 aromatic carbocycles. The molecule has 0 N–H and O–H groups in total. The molecule has 2 rings (SSSR count). The van der Waals surface area contributed by atoms with Gasteiger partial charge in [-0.15, -0.1) is 7.80 Å². The second kappa shape index (κ2) is 2.24. The summed E-state index contributed by atoms with van der Waals surface area (Å²) < 4.78 is 0. The Bertz CT molecular complexity index is 132. The summed E-state index contributed by atoms with van der Waals surface area (Å²) in [6.07, 6.45) is 3.10. The molecular weight excluding hydrogens is 138 g/mol. The molecule has 2 heteroatoms. The topological polar surface area (TPSA) is 0 Å². The lowest BCUT2D eigenvalue weighted by atomic mass is 9.84. The van der Waals surface area contributed by atoms with Crippen molar-refractivity contribution in [3.63, 3.8) is 0 Å². The average molecular weight is 154 g/mol. The summed E-state index contributed by atoms with van der Waals surface area (Å²) in [5.74, 6) is 2.13. The Labute approximate surface area is 65.9 Å². The minimum atomic E-state index is 0.445. The van der Waals surface area contributed by atoms with Gasteiger partial charge in [-0.25, -0.2) is 0 Å². The van der Waals surface area contributed by atoms with Gasteiger partial charge in [0, 0.05) is 0 Å². The monoisotopic (exact) mass is 154 g/mol. The van der Waals surface area contributed by atoms with Gasteiger partial charge in [-0.05, 0) is 36.0 Å². The van der Waals surface area contributed by atoms with Gasteiger partial charge in [0.15, 0.2) is 0 Å². The van der Waals surface area contributed by atoms with Crippen LogP contribution < -0.4 is 0 Å². The zero-order valence-corrected chi connectivity index (χ0v) is 8.07. The van der Waals surface area contributed by atoms with Gasteiger partial charge < -0.3 is 0 Å². The first-order valence-corrected chi connectivity index (χ1v) is 6.35. The van der Waals surface area contributed by atoms with Crippen LogP contribution in [0.25, 0.3) is 0 Å². The Morgan fingerprint density at radius 2 is 1.50 bits per heavy atom. The van der Waals surface area contributed by atoms with Crippen molar-refractivity contribution in [3.05, 3.63) is 0 Å². The van der Waals surface area contributed by atoms with Gasteiger partial charge in [0.2, 0.25) is 0 Å². The summed E-state index contributed by atoms with van der Waals surface area (Å²) in [5.41, 5.74) is 2.30. The van der Waals surface area contributed by atoms with Gasteiger partial charge in [-0.2, -0.15) is 0 Å². The van der Waals surface area contributed by atoms with Crippen LogP contribution >= 0.6 is 7.80 Å². The lowest BCUT2D eigenvalue weighted by molar-refractivity contribution is 0.365. The average Bonchev–Trinajstić information content (AvgIpc) is 2.26. The maximum absolute atomic E-state index is 2.53. The highest BCUT2D eigenvalue weighted by atomic mass is 31.1. The second-order valence-corrected chi connectivity index (χ2v) is 6.88. The molecule has 0 saturated carbocycles. The molecular formula is C8H16BP. The fraction of sp³-hybridized carbons (Fsp3) is 1.00. The minimum absolute atomic E-state index is 0.445. The highest BCUT2D eigenvalue weighted by Crippen LogP contribution is 2.65. The molecule has 2 saturated heterocycles. The van der Waals surface area contributed by atoms with E-state index in [-0.39, 0.29) is 0 Å². The van der Waals surface area contributed by atoms with E-state index >= 15 is 0 Å². The molecule has 2 aliphatic heterocycles. The lowest BCUT2D eigenvalue weighted by Gasteiger charge is -2.21. The fourth-order valence-corrected chi connectivity index (χ4v) is 6.59. The molecule has 0 aliphatic carbocycles. The van der Waals surface area contributed by atoms with Crippen LogP contribution in [0.5, 0.6) is 0 Å². The predicted octanol–water partition coefficient (Wildman–Crippen LogP) is 1.83. The summed E-state index contributed by atoms with van der Waals surface area (Å²) in [5, 5.41) is 0. The fourth-order valence-electron chi connectivity index (χ4n) is 2.92. The Kier molecular flexibility index (Phi) is 1.60. The van der Waals surface area contributed by atoms with Gasteiger partial charge in [0.25, 0.3) is 0 Å². The van der Waals surface area contributed by atoms with Crippen LogP contribution in [0.15, 0.2) is 0 Å². The van der Waals surface area contributed by atoms with Crippen molar-refractivity contribution >= 4 is 15.4 Å². The number of rotatable bonds is 0. The smallest absolute Gasteiger partial charge is 0.134 e. The third-order valence-electron chi connectivity index (χ3n) is 3.59. The van der Waals surface area contributed by atoms with E-state index in [0.29, 0.717) is 7.80 Å². The van der Waals surface area contributed by atoms with Gasteiger partial charge in [-0.1, -0.05) is 13.8 Å². The molecule has 0 aromatic rings. The zero-order valence-electron chi connectivity index (χ0n) is 7.17. The van der Waals surface area contributed by atoms with Crippen molar-refractivity contribution in [2.24, 2.45) is 11.8 Å². The molecule has 2 bridgehead atoms. The van der Waals surface area contributed by atoms with Crippen molar-refractivity contribution in [1.82, 2.24) is 0 Å². The lowest BCUT2D eigenvalue weighted by Crippen LogP contribution is -2.18. The van der Waals surface area contributed by atoms with Gasteiger partial charge in [0.1, 0.15) is 7.57 Å². The quantitative estimate of drug-likeness (QED) is 0.368. The molecule has 2 fully saturated rings. The number of hydrogen-bond acceptors (Lipinski definition) is 0. The van der Waals surface area contributed by atoms with E-state index in [1.165, 1.54) is 0 Å². The van der Waals surface area contributed by atoms with Crippen LogP contribution in [-0.4, -0.2) is 18.9 Å². The summed E-state index contributed by atoms with van der Waals surface area (Å²) >= 11 is 0. The van der Waals surface area contributed by atoms with Crippen LogP contribution in [0.3, 0.4) is 0 Å². The molecule has 56 valence electrons. The molecule has 0 nitrogen and oxygen atoms in total. The van der Waals surface area contributed by atoms with Gasteiger partial charge in [0.05, 0.1) is 0 Å². The first kappa shape index (κ1) is 7.16. The molecule has 2 aliphatic rings.